The Hall–Kier alpha value is -1.02. The lowest BCUT2D eigenvalue weighted by molar-refractivity contribution is 0.143. The molecule has 0 saturated heterocycles. The number of rotatable bonds is 4. The molecule has 0 aromatic heterocycles. The Balaban J connectivity index is 2.31. The van der Waals surface area contributed by atoms with Gasteiger partial charge in [-0.05, 0) is 67.8 Å². The number of nitrogens with two attached hydrogens (primary N) is 1. The van der Waals surface area contributed by atoms with E-state index in [1.165, 1.54) is 36.0 Å². The summed E-state index contributed by atoms with van der Waals surface area (Å²) in [6, 6.07) is 4.37. The van der Waals surface area contributed by atoms with Gasteiger partial charge >= 0.3 is 0 Å². The molecule has 0 aliphatic heterocycles. The lowest BCUT2D eigenvalue weighted by Crippen LogP contribution is -2.39. The van der Waals surface area contributed by atoms with Gasteiger partial charge in [0.2, 0.25) is 0 Å². The molecular formula is C15H23NO. The highest BCUT2D eigenvalue weighted by molar-refractivity contribution is 5.43. The van der Waals surface area contributed by atoms with Crippen molar-refractivity contribution in [1.29, 1.82) is 0 Å². The van der Waals surface area contributed by atoms with Gasteiger partial charge in [-0.15, -0.1) is 0 Å². The normalized spacial score (nSPS) is 17.6. The van der Waals surface area contributed by atoms with Crippen molar-refractivity contribution in [3.8, 4) is 5.75 Å². The van der Waals surface area contributed by atoms with Crippen LogP contribution in [0.15, 0.2) is 12.1 Å². The molecule has 1 saturated carbocycles. The van der Waals surface area contributed by atoms with Crippen LogP contribution in [0.3, 0.4) is 0 Å². The minimum Gasteiger partial charge on any atom is -0.496 e. The van der Waals surface area contributed by atoms with E-state index in [0.29, 0.717) is 5.41 Å². The van der Waals surface area contributed by atoms with Crippen LogP contribution in [0.25, 0.3) is 0 Å². The van der Waals surface area contributed by atoms with Crippen molar-refractivity contribution in [2.45, 2.75) is 39.5 Å². The summed E-state index contributed by atoms with van der Waals surface area (Å²) < 4.78 is 5.53. The van der Waals surface area contributed by atoms with Crippen LogP contribution in [-0.4, -0.2) is 13.7 Å². The SMILES string of the molecule is COc1cc(C)cc(C)c1CC1(CN)CCC1. The first-order chi connectivity index (χ1) is 8.10. The molecule has 0 amide bonds. The quantitative estimate of drug-likeness (QED) is 0.867. The molecule has 1 aromatic carbocycles. The Morgan fingerprint density at radius 1 is 1.29 bits per heavy atom. The predicted molar refractivity (Wildman–Crippen MR) is 71.5 cm³/mol. The zero-order valence-electron chi connectivity index (χ0n) is 11.2. The standard InChI is InChI=1S/C15H23NO/c1-11-7-12(2)13(14(8-11)17-3)9-15(10-16)5-4-6-15/h7-8H,4-6,9-10,16H2,1-3H3. The number of aryl methyl sites for hydroxylation is 2. The summed E-state index contributed by atoms with van der Waals surface area (Å²) >= 11 is 0. The van der Waals surface area contributed by atoms with Crippen molar-refractivity contribution >= 4 is 0 Å². The average Bonchev–Trinajstić information content (AvgIpc) is 2.25. The van der Waals surface area contributed by atoms with Gasteiger partial charge in [0.15, 0.2) is 0 Å². The largest absolute Gasteiger partial charge is 0.496 e. The monoisotopic (exact) mass is 233 g/mol. The molecule has 0 bridgehead atoms. The van der Waals surface area contributed by atoms with Crippen LogP contribution in [0.1, 0.15) is 36.0 Å². The van der Waals surface area contributed by atoms with Gasteiger partial charge in [-0.1, -0.05) is 12.5 Å². The van der Waals surface area contributed by atoms with Crippen molar-refractivity contribution in [2.24, 2.45) is 11.1 Å². The number of hydrogen-bond acceptors (Lipinski definition) is 2. The molecule has 2 rings (SSSR count). The zero-order valence-corrected chi connectivity index (χ0v) is 11.2. The van der Waals surface area contributed by atoms with Crippen LogP contribution in [0.2, 0.25) is 0 Å². The number of hydrogen-bond donors (Lipinski definition) is 1. The second-order valence-corrected chi connectivity index (χ2v) is 5.50. The van der Waals surface area contributed by atoms with Gasteiger partial charge in [0, 0.05) is 0 Å². The first kappa shape index (κ1) is 12.4. The average molecular weight is 233 g/mol. The van der Waals surface area contributed by atoms with Crippen molar-refractivity contribution in [2.75, 3.05) is 13.7 Å². The van der Waals surface area contributed by atoms with E-state index >= 15 is 0 Å². The van der Waals surface area contributed by atoms with Crippen LogP contribution in [0, 0.1) is 19.3 Å². The molecule has 2 nitrogen and oxygen atoms in total. The highest BCUT2D eigenvalue weighted by Crippen LogP contribution is 2.44. The molecule has 0 spiro atoms. The fourth-order valence-corrected chi connectivity index (χ4v) is 2.87. The molecule has 2 heteroatoms. The first-order valence-electron chi connectivity index (χ1n) is 6.44. The van der Waals surface area contributed by atoms with Crippen molar-refractivity contribution in [1.82, 2.24) is 0 Å². The van der Waals surface area contributed by atoms with E-state index in [1.54, 1.807) is 7.11 Å². The fraction of sp³-hybridized carbons (Fsp3) is 0.600. The van der Waals surface area contributed by atoms with Gasteiger partial charge in [-0.25, -0.2) is 0 Å². The van der Waals surface area contributed by atoms with E-state index in [9.17, 15) is 0 Å². The molecule has 1 aliphatic carbocycles. The topological polar surface area (TPSA) is 35.2 Å². The number of benzene rings is 1. The van der Waals surface area contributed by atoms with Gasteiger partial charge in [0.1, 0.15) is 5.75 Å². The van der Waals surface area contributed by atoms with Crippen LogP contribution in [-0.2, 0) is 6.42 Å². The van der Waals surface area contributed by atoms with Gasteiger partial charge in [0.05, 0.1) is 7.11 Å². The third kappa shape index (κ3) is 2.32. The molecule has 0 atom stereocenters. The predicted octanol–water partition coefficient (Wildman–Crippen LogP) is 2.98. The minimum atomic E-state index is 0.341. The molecule has 17 heavy (non-hydrogen) atoms. The lowest BCUT2D eigenvalue weighted by atomic mass is 9.65. The summed E-state index contributed by atoms with van der Waals surface area (Å²) in [5, 5.41) is 0. The Labute approximate surface area is 104 Å². The maximum Gasteiger partial charge on any atom is 0.122 e. The molecule has 94 valence electrons. The molecule has 1 aliphatic rings. The third-order valence-corrected chi connectivity index (χ3v) is 4.20. The van der Waals surface area contributed by atoms with Crippen LogP contribution >= 0.6 is 0 Å². The summed E-state index contributed by atoms with van der Waals surface area (Å²) in [6.07, 6.45) is 4.92. The van der Waals surface area contributed by atoms with Gasteiger partial charge in [0.25, 0.3) is 0 Å². The highest BCUT2D eigenvalue weighted by atomic mass is 16.5. The summed E-state index contributed by atoms with van der Waals surface area (Å²) in [4.78, 5) is 0. The highest BCUT2D eigenvalue weighted by Gasteiger charge is 2.36. The van der Waals surface area contributed by atoms with Crippen LogP contribution in [0.4, 0.5) is 0 Å². The zero-order chi connectivity index (χ0) is 12.5. The van der Waals surface area contributed by atoms with Crippen molar-refractivity contribution in [3.63, 3.8) is 0 Å². The first-order valence-corrected chi connectivity index (χ1v) is 6.44. The van der Waals surface area contributed by atoms with Gasteiger partial charge in [-0.3, -0.25) is 0 Å². The number of methoxy groups -OCH3 is 1. The molecule has 1 fully saturated rings. The Morgan fingerprint density at radius 3 is 2.47 bits per heavy atom. The third-order valence-electron chi connectivity index (χ3n) is 4.20. The van der Waals surface area contributed by atoms with Crippen molar-refractivity contribution in [3.05, 3.63) is 28.8 Å². The Morgan fingerprint density at radius 2 is 2.00 bits per heavy atom. The molecule has 2 N–H and O–H groups in total. The van der Waals surface area contributed by atoms with Gasteiger partial charge in [-0.2, -0.15) is 0 Å². The summed E-state index contributed by atoms with van der Waals surface area (Å²) in [6.45, 7) is 5.08. The van der Waals surface area contributed by atoms with Crippen LogP contribution < -0.4 is 10.5 Å². The van der Waals surface area contributed by atoms with Gasteiger partial charge < -0.3 is 10.5 Å². The Kier molecular flexibility index (Phi) is 3.43. The molecular weight excluding hydrogens is 210 g/mol. The maximum absolute atomic E-state index is 5.95. The summed E-state index contributed by atoms with van der Waals surface area (Å²) in [7, 11) is 1.76. The Bertz CT molecular complexity index is 402. The second kappa shape index (κ2) is 4.69. The van der Waals surface area contributed by atoms with E-state index in [-0.39, 0.29) is 0 Å². The second-order valence-electron chi connectivity index (χ2n) is 5.50. The fourth-order valence-electron chi connectivity index (χ4n) is 2.87. The molecule has 0 unspecified atom stereocenters. The van der Waals surface area contributed by atoms with Crippen molar-refractivity contribution < 1.29 is 4.74 Å². The summed E-state index contributed by atoms with van der Waals surface area (Å²) in [5.74, 6) is 1.03. The lowest BCUT2D eigenvalue weighted by Gasteiger charge is -2.41. The van der Waals surface area contributed by atoms with E-state index in [0.717, 1.165) is 18.7 Å². The van der Waals surface area contributed by atoms with E-state index in [4.69, 9.17) is 10.5 Å². The minimum absolute atomic E-state index is 0.341. The molecule has 1 aromatic rings. The van der Waals surface area contributed by atoms with E-state index in [1.807, 2.05) is 0 Å². The maximum atomic E-state index is 5.95. The molecule has 0 radical (unpaired) electrons. The van der Waals surface area contributed by atoms with E-state index in [2.05, 4.69) is 26.0 Å². The molecule has 0 heterocycles. The summed E-state index contributed by atoms with van der Waals surface area (Å²) in [5.41, 5.74) is 10.2. The smallest absolute Gasteiger partial charge is 0.122 e. The van der Waals surface area contributed by atoms with E-state index < -0.39 is 0 Å². The van der Waals surface area contributed by atoms with Crippen LogP contribution in [0.5, 0.6) is 5.75 Å². The number of ether oxygens (including phenoxy) is 1.